The summed E-state index contributed by atoms with van der Waals surface area (Å²) in [5.41, 5.74) is 0.430. The molecule has 2 heterocycles. The van der Waals surface area contributed by atoms with E-state index in [1.54, 1.807) is 25.1 Å². The normalized spacial score (nSPS) is 12.5. The number of anilines is 1. The lowest BCUT2D eigenvalue weighted by Gasteiger charge is -2.12. The number of nitrogens with one attached hydrogen (secondary N) is 1. The van der Waals surface area contributed by atoms with Gasteiger partial charge in [0.1, 0.15) is 18.2 Å². The van der Waals surface area contributed by atoms with Gasteiger partial charge in [-0.1, -0.05) is 11.6 Å². The molecule has 1 aliphatic heterocycles. The van der Waals surface area contributed by atoms with Crippen molar-refractivity contribution in [2.75, 3.05) is 5.32 Å². The first-order valence-electron chi connectivity index (χ1n) is 7.75. The van der Waals surface area contributed by atoms with Gasteiger partial charge in [-0.2, -0.15) is 5.26 Å². The summed E-state index contributed by atoms with van der Waals surface area (Å²) in [6, 6.07) is 6.84. The summed E-state index contributed by atoms with van der Waals surface area (Å²) in [7, 11) is 0. The van der Waals surface area contributed by atoms with Crippen LogP contribution in [0.2, 0.25) is 5.02 Å². The lowest BCUT2D eigenvalue weighted by molar-refractivity contribution is -0.116. The van der Waals surface area contributed by atoms with Gasteiger partial charge in [0, 0.05) is 22.9 Å². The van der Waals surface area contributed by atoms with Gasteiger partial charge in [-0.25, -0.2) is 9.36 Å². The molecule has 7 nitrogen and oxygen atoms in total. The molecule has 3 rings (SSSR count). The maximum Gasteiger partial charge on any atom is 0.331 e. The average Bonchev–Trinajstić information content (AvgIpc) is 3.04. The highest BCUT2D eigenvalue weighted by Crippen LogP contribution is 2.19. The van der Waals surface area contributed by atoms with Crippen molar-refractivity contribution in [2.45, 2.75) is 32.9 Å². The molecule has 0 radical (unpaired) electrons. The van der Waals surface area contributed by atoms with Crippen LogP contribution in [0.1, 0.15) is 23.2 Å². The van der Waals surface area contributed by atoms with E-state index in [1.807, 2.05) is 6.07 Å². The number of carbonyl (C=O) groups is 1. The SMILES string of the molecule is Cc1cc(Cl)ccc1NC(=O)Cn1c(=O)c(C#N)c2n(c1=O)CCC2. The van der Waals surface area contributed by atoms with Gasteiger partial charge in [0.15, 0.2) is 0 Å². The third kappa shape index (κ3) is 3.08. The maximum atomic E-state index is 12.5. The first-order valence-corrected chi connectivity index (χ1v) is 8.12. The predicted molar refractivity (Wildman–Crippen MR) is 92.8 cm³/mol. The molecule has 0 bridgehead atoms. The van der Waals surface area contributed by atoms with Gasteiger partial charge < -0.3 is 5.32 Å². The van der Waals surface area contributed by atoms with Crippen molar-refractivity contribution < 1.29 is 4.79 Å². The van der Waals surface area contributed by atoms with Crippen molar-refractivity contribution in [1.82, 2.24) is 9.13 Å². The number of nitriles is 1. The van der Waals surface area contributed by atoms with E-state index >= 15 is 0 Å². The molecule has 0 unspecified atom stereocenters. The van der Waals surface area contributed by atoms with Crippen LogP contribution in [0, 0.1) is 18.3 Å². The molecule has 1 N–H and O–H groups in total. The molecular formula is C17H15ClN4O3. The Bertz CT molecular complexity index is 1030. The second-order valence-electron chi connectivity index (χ2n) is 5.87. The molecule has 1 aliphatic rings. The minimum Gasteiger partial charge on any atom is -0.324 e. The number of carbonyl (C=O) groups excluding carboxylic acids is 1. The van der Waals surface area contributed by atoms with Crippen LogP contribution in [0.25, 0.3) is 0 Å². The number of hydrogen-bond acceptors (Lipinski definition) is 4. The molecule has 0 spiro atoms. The van der Waals surface area contributed by atoms with E-state index in [0.29, 0.717) is 35.8 Å². The fourth-order valence-electron chi connectivity index (χ4n) is 2.99. The highest BCUT2D eigenvalue weighted by molar-refractivity contribution is 6.30. The third-order valence-corrected chi connectivity index (χ3v) is 4.44. The van der Waals surface area contributed by atoms with Gasteiger partial charge in [-0.05, 0) is 43.5 Å². The zero-order valence-corrected chi connectivity index (χ0v) is 14.3. The number of aryl methyl sites for hydroxylation is 1. The summed E-state index contributed by atoms with van der Waals surface area (Å²) in [4.78, 5) is 37.2. The second kappa shape index (κ2) is 6.57. The van der Waals surface area contributed by atoms with E-state index in [2.05, 4.69) is 5.32 Å². The van der Waals surface area contributed by atoms with Crippen LogP contribution >= 0.6 is 11.6 Å². The Hall–Kier alpha value is -2.85. The number of nitrogens with zero attached hydrogens (tertiary/aromatic N) is 3. The van der Waals surface area contributed by atoms with Crippen molar-refractivity contribution in [1.29, 1.82) is 5.26 Å². The van der Waals surface area contributed by atoms with E-state index in [-0.39, 0.29) is 5.56 Å². The van der Waals surface area contributed by atoms with Crippen molar-refractivity contribution in [3.05, 3.63) is 60.9 Å². The Morgan fingerprint density at radius 3 is 2.84 bits per heavy atom. The standard InChI is InChI=1S/C17H15ClN4O3/c1-10-7-11(18)4-5-13(10)20-15(23)9-22-16(24)12(8-19)14-3-2-6-21(14)17(22)25/h4-5,7H,2-3,6,9H2,1H3,(H,20,23). The summed E-state index contributed by atoms with van der Waals surface area (Å²) in [5.74, 6) is -0.521. The maximum absolute atomic E-state index is 12.5. The van der Waals surface area contributed by atoms with Crippen molar-refractivity contribution >= 4 is 23.2 Å². The van der Waals surface area contributed by atoms with Gasteiger partial charge >= 0.3 is 5.69 Å². The molecule has 25 heavy (non-hydrogen) atoms. The first kappa shape index (κ1) is 17.0. The Balaban J connectivity index is 1.93. The number of fused-ring (bicyclic) bond motifs is 1. The number of amides is 1. The monoisotopic (exact) mass is 358 g/mol. The molecule has 0 fully saturated rings. The average molecular weight is 359 g/mol. The van der Waals surface area contributed by atoms with Gasteiger partial charge in [0.2, 0.25) is 5.91 Å². The molecular weight excluding hydrogens is 344 g/mol. The molecule has 0 atom stereocenters. The Morgan fingerprint density at radius 1 is 1.40 bits per heavy atom. The number of aromatic nitrogens is 2. The molecule has 8 heteroatoms. The fraction of sp³-hybridized carbons (Fsp3) is 0.294. The molecule has 1 aromatic carbocycles. The van der Waals surface area contributed by atoms with Gasteiger partial charge in [0.25, 0.3) is 5.56 Å². The van der Waals surface area contributed by atoms with Crippen LogP contribution in [-0.4, -0.2) is 15.0 Å². The Morgan fingerprint density at radius 2 is 2.16 bits per heavy atom. The Kier molecular flexibility index (Phi) is 4.47. The molecule has 1 amide bonds. The zero-order chi connectivity index (χ0) is 18.1. The highest BCUT2D eigenvalue weighted by atomic mass is 35.5. The zero-order valence-electron chi connectivity index (χ0n) is 13.5. The van der Waals surface area contributed by atoms with Crippen molar-refractivity contribution in [2.24, 2.45) is 0 Å². The van der Waals surface area contributed by atoms with E-state index in [9.17, 15) is 19.6 Å². The van der Waals surface area contributed by atoms with E-state index in [4.69, 9.17) is 11.6 Å². The third-order valence-electron chi connectivity index (χ3n) is 4.21. The molecule has 0 saturated heterocycles. The fourth-order valence-corrected chi connectivity index (χ4v) is 3.22. The van der Waals surface area contributed by atoms with Crippen molar-refractivity contribution in [3.63, 3.8) is 0 Å². The topological polar surface area (TPSA) is 96.9 Å². The van der Waals surface area contributed by atoms with E-state index < -0.39 is 23.7 Å². The smallest absolute Gasteiger partial charge is 0.324 e. The van der Waals surface area contributed by atoms with Crippen LogP contribution in [0.5, 0.6) is 0 Å². The van der Waals surface area contributed by atoms with Gasteiger partial charge in [-0.3, -0.25) is 14.2 Å². The lowest BCUT2D eigenvalue weighted by Crippen LogP contribution is -2.44. The van der Waals surface area contributed by atoms with Crippen molar-refractivity contribution in [3.8, 4) is 6.07 Å². The Labute approximate surface area is 148 Å². The molecule has 1 aromatic heterocycles. The van der Waals surface area contributed by atoms with E-state index in [0.717, 1.165) is 10.1 Å². The quantitative estimate of drug-likeness (QED) is 0.897. The molecule has 128 valence electrons. The predicted octanol–water partition coefficient (Wildman–Crippen LogP) is 1.43. The number of rotatable bonds is 3. The van der Waals surface area contributed by atoms with E-state index in [1.165, 1.54) is 4.57 Å². The summed E-state index contributed by atoms with van der Waals surface area (Å²) >= 11 is 5.88. The highest BCUT2D eigenvalue weighted by Gasteiger charge is 2.23. The number of hydrogen-bond donors (Lipinski definition) is 1. The minimum absolute atomic E-state index is 0.0624. The van der Waals surface area contributed by atoms with Crippen LogP contribution < -0.4 is 16.6 Å². The molecule has 0 saturated carbocycles. The molecule has 2 aromatic rings. The summed E-state index contributed by atoms with van der Waals surface area (Å²) in [6.07, 6.45) is 1.22. The summed E-state index contributed by atoms with van der Waals surface area (Å²) in [5, 5.41) is 12.4. The van der Waals surface area contributed by atoms with Crippen LogP contribution in [-0.2, 0) is 24.3 Å². The van der Waals surface area contributed by atoms with Gasteiger partial charge in [-0.15, -0.1) is 0 Å². The first-order chi connectivity index (χ1) is 11.9. The minimum atomic E-state index is -0.719. The number of halogens is 1. The van der Waals surface area contributed by atoms with Crippen LogP contribution in [0.3, 0.4) is 0 Å². The second-order valence-corrected chi connectivity index (χ2v) is 6.31. The summed E-state index contributed by atoms with van der Waals surface area (Å²) < 4.78 is 2.22. The number of benzene rings is 1. The van der Waals surface area contributed by atoms with Gasteiger partial charge in [0.05, 0.1) is 0 Å². The summed E-state index contributed by atoms with van der Waals surface area (Å²) in [6.45, 7) is 1.78. The largest absolute Gasteiger partial charge is 0.331 e. The lowest BCUT2D eigenvalue weighted by atomic mass is 10.2. The molecule has 0 aliphatic carbocycles. The van der Waals surface area contributed by atoms with Crippen LogP contribution in [0.4, 0.5) is 5.69 Å². The van der Waals surface area contributed by atoms with Crippen LogP contribution in [0.15, 0.2) is 27.8 Å².